The number of nitrogens with zero attached hydrogens (tertiary/aromatic N) is 2. The van der Waals surface area contributed by atoms with Gasteiger partial charge in [0.1, 0.15) is 6.29 Å². The van der Waals surface area contributed by atoms with Gasteiger partial charge in [-0.1, -0.05) is 18.9 Å². The minimum Gasteiger partial charge on any atom is -0.303 e. The summed E-state index contributed by atoms with van der Waals surface area (Å²) in [5.74, 6) is 0. The molecule has 0 spiro atoms. The van der Waals surface area contributed by atoms with E-state index in [1.807, 2.05) is 32.9 Å². The molecule has 1 saturated carbocycles. The Balaban J connectivity index is 2.76. The van der Waals surface area contributed by atoms with Crippen molar-refractivity contribution in [3.8, 4) is 0 Å². The Morgan fingerprint density at radius 3 is 2.33 bits per heavy atom. The van der Waals surface area contributed by atoms with Crippen LogP contribution >= 0.6 is 0 Å². The molecule has 0 radical (unpaired) electrons. The minimum atomic E-state index is 0.263. The molecule has 1 aliphatic carbocycles. The van der Waals surface area contributed by atoms with Crippen molar-refractivity contribution in [3.63, 3.8) is 0 Å². The minimum absolute atomic E-state index is 0.263. The summed E-state index contributed by atoms with van der Waals surface area (Å²) in [6.45, 7) is 5.97. The van der Waals surface area contributed by atoms with Crippen molar-refractivity contribution < 1.29 is 4.79 Å². The van der Waals surface area contributed by atoms with Crippen LogP contribution in [0.2, 0.25) is 0 Å². The van der Waals surface area contributed by atoms with Crippen LogP contribution in [0.3, 0.4) is 0 Å². The van der Waals surface area contributed by atoms with Gasteiger partial charge in [0, 0.05) is 17.8 Å². The van der Waals surface area contributed by atoms with Gasteiger partial charge in [0.25, 0.3) is 0 Å². The number of hydrogen-bond donors (Lipinski definition) is 0. The average molecular weight is 248 g/mol. The van der Waals surface area contributed by atoms with Gasteiger partial charge in [-0.25, -0.2) is 0 Å². The van der Waals surface area contributed by atoms with E-state index in [0.717, 1.165) is 30.6 Å². The van der Waals surface area contributed by atoms with E-state index in [1.54, 1.807) is 0 Å². The molecule has 3 heteroatoms. The standard InChI is InChI=1S/C15H24N2O/c1-4-7-12(2)16-14-8-5-6-9-15(14)17-13(3)10-11-18/h4,7,11,14-15H,5-6,8-10H2,1-3H3. The molecule has 1 rings (SSSR count). The Labute approximate surface area is 110 Å². The highest BCUT2D eigenvalue weighted by atomic mass is 16.1. The van der Waals surface area contributed by atoms with Crippen molar-refractivity contribution in [3.05, 3.63) is 12.2 Å². The quantitative estimate of drug-likeness (QED) is 0.543. The van der Waals surface area contributed by atoms with Crippen molar-refractivity contribution >= 4 is 17.7 Å². The van der Waals surface area contributed by atoms with Crippen LogP contribution in [0.1, 0.15) is 52.9 Å². The maximum atomic E-state index is 10.5. The van der Waals surface area contributed by atoms with Crippen molar-refractivity contribution in [2.75, 3.05) is 0 Å². The summed E-state index contributed by atoms with van der Waals surface area (Å²) in [6.07, 6.45) is 10.1. The molecule has 0 bridgehead atoms. The summed E-state index contributed by atoms with van der Waals surface area (Å²) in [4.78, 5) is 19.9. The normalized spacial score (nSPS) is 26.6. The van der Waals surface area contributed by atoms with Gasteiger partial charge in [0.2, 0.25) is 0 Å². The van der Waals surface area contributed by atoms with Gasteiger partial charge in [0.15, 0.2) is 0 Å². The highest BCUT2D eigenvalue weighted by molar-refractivity contribution is 5.93. The number of hydrogen-bond acceptors (Lipinski definition) is 3. The van der Waals surface area contributed by atoms with Crippen LogP contribution in [0.25, 0.3) is 0 Å². The number of allylic oxidation sites excluding steroid dienone is 2. The van der Waals surface area contributed by atoms with Gasteiger partial charge in [-0.3, -0.25) is 9.98 Å². The van der Waals surface area contributed by atoms with Gasteiger partial charge >= 0.3 is 0 Å². The molecule has 2 unspecified atom stereocenters. The van der Waals surface area contributed by atoms with Crippen LogP contribution in [-0.2, 0) is 4.79 Å². The lowest BCUT2D eigenvalue weighted by atomic mass is 9.91. The maximum absolute atomic E-state index is 10.5. The molecule has 2 atom stereocenters. The molecule has 0 amide bonds. The van der Waals surface area contributed by atoms with Crippen LogP contribution in [0, 0.1) is 0 Å². The molecule has 0 aromatic rings. The Morgan fingerprint density at radius 1 is 1.17 bits per heavy atom. The zero-order valence-corrected chi connectivity index (χ0v) is 11.7. The van der Waals surface area contributed by atoms with E-state index in [0.29, 0.717) is 6.42 Å². The van der Waals surface area contributed by atoms with E-state index >= 15 is 0 Å². The largest absolute Gasteiger partial charge is 0.303 e. The second-order valence-corrected chi connectivity index (χ2v) is 4.92. The third kappa shape index (κ3) is 4.94. The molecule has 0 aliphatic heterocycles. The topological polar surface area (TPSA) is 41.8 Å². The Bertz CT molecular complexity index is 356. The predicted molar refractivity (Wildman–Crippen MR) is 77.8 cm³/mol. The summed E-state index contributed by atoms with van der Waals surface area (Å²) in [7, 11) is 0. The first-order valence-corrected chi connectivity index (χ1v) is 6.81. The van der Waals surface area contributed by atoms with Crippen molar-refractivity contribution in [1.82, 2.24) is 0 Å². The number of aldehydes is 1. The molecule has 0 heterocycles. The fourth-order valence-corrected chi connectivity index (χ4v) is 2.40. The van der Waals surface area contributed by atoms with Crippen LogP contribution in [0.15, 0.2) is 22.1 Å². The van der Waals surface area contributed by atoms with Gasteiger partial charge in [-0.2, -0.15) is 0 Å². The highest BCUT2D eigenvalue weighted by Crippen LogP contribution is 2.24. The fourth-order valence-electron chi connectivity index (χ4n) is 2.40. The van der Waals surface area contributed by atoms with Gasteiger partial charge in [-0.15, -0.1) is 0 Å². The average Bonchev–Trinajstić information content (AvgIpc) is 2.32. The number of rotatable bonds is 5. The Morgan fingerprint density at radius 2 is 1.78 bits per heavy atom. The second-order valence-electron chi connectivity index (χ2n) is 4.92. The van der Waals surface area contributed by atoms with Gasteiger partial charge in [0.05, 0.1) is 12.1 Å². The summed E-state index contributed by atoms with van der Waals surface area (Å²) in [6, 6.07) is 0.551. The van der Waals surface area contributed by atoms with Crippen molar-refractivity contribution in [1.29, 1.82) is 0 Å². The second kappa shape index (κ2) is 7.96. The summed E-state index contributed by atoms with van der Waals surface area (Å²) < 4.78 is 0. The van der Waals surface area contributed by atoms with E-state index in [-0.39, 0.29) is 12.1 Å². The van der Waals surface area contributed by atoms with E-state index in [2.05, 4.69) is 4.99 Å². The van der Waals surface area contributed by atoms with E-state index in [4.69, 9.17) is 4.99 Å². The monoisotopic (exact) mass is 248 g/mol. The molecule has 18 heavy (non-hydrogen) atoms. The molecule has 3 nitrogen and oxygen atoms in total. The lowest BCUT2D eigenvalue weighted by Crippen LogP contribution is -2.28. The molecule has 0 aromatic heterocycles. The highest BCUT2D eigenvalue weighted by Gasteiger charge is 2.23. The Kier molecular flexibility index (Phi) is 6.55. The predicted octanol–water partition coefficient (Wildman–Crippen LogP) is 3.38. The zero-order chi connectivity index (χ0) is 13.4. The SMILES string of the molecule is CC=CC(C)=NC1CCCCC1N=C(C)CC=O. The Hall–Kier alpha value is -1.25. The van der Waals surface area contributed by atoms with E-state index in [1.165, 1.54) is 12.8 Å². The number of aliphatic imine (C=N–C) groups is 2. The summed E-state index contributed by atoms with van der Waals surface area (Å²) >= 11 is 0. The van der Waals surface area contributed by atoms with Crippen LogP contribution in [0.5, 0.6) is 0 Å². The number of carbonyl (C=O) groups excluding carboxylic acids is 1. The maximum Gasteiger partial charge on any atom is 0.125 e. The van der Waals surface area contributed by atoms with Crippen molar-refractivity contribution in [2.45, 2.75) is 65.0 Å². The molecular weight excluding hydrogens is 224 g/mol. The molecular formula is C15H24N2O. The molecule has 1 aliphatic rings. The number of carbonyl (C=O) groups is 1. The van der Waals surface area contributed by atoms with Crippen molar-refractivity contribution in [2.24, 2.45) is 9.98 Å². The molecule has 100 valence electrons. The summed E-state index contributed by atoms with van der Waals surface area (Å²) in [5.41, 5.74) is 2.00. The first-order valence-electron chi connectivity index (χ1n) is 6.81. The first kappa shape index (κ1) is 14.8. The van der Waals surface area contributed by atoms with Crippen LogP contribution in [0.4, 0.5) is 0 Å². The fraction of sp³-hybridized carbons (Fsp3) is 0.667. The van der Waals surface area contributed by atoms with Crippen LogP contribution < -0.4 is 0 Å². The van der Waals surface area contributed by atoms with E-state index < -0.39 is 0 Å². The third-order valence-corrected chi connectivity index (χ3v) is 3.24. The summed E-state index contributed by atoms with van der Waals surface area (Å²) in [5, 5.41) is 0. The molecule has 0 N–H and O–H groups in total. The van der Waals surface area contributed by atoms with Gasteiger partial charge < -0.3 is 4.79 Å². The van der Waals surface area contributed by atoms with Crippen LogP contribution in [-0.4, -0.2) is 29.8 Å². The van der Waals surface area contributed by atoms with Gasteiger partial charge in [-0.05, 0) is 39.7 Å². The first-order chi connectivity index (χ1) is 8.67. The molecule has 0 saturated heterocycles. The molecule has 1 fully saturated rings. The third-order valence-electron chi connectivity index (χ3n) is 3.24. The lowest BCUT2D eigenvalue weighted by Gasteiger charge is -2.26. The lowest BCUT2D eigenvalue weighted by molar-refractivity contribution is -0.106. The molecule has 0 aromatic carbocycles. The van der Waals surface area contributed by atoms with E-state index in [9.17, 15) is 4.79 Å². The zero-order valence-electron chi connectivity index (χ0n) is 11.7. The smallest absolute Gasteiger partial charge is 0.125 e.